The van der Waals surface area contributed by atoms with Crippen LogP contribution in [0.4, 0.5) is 0 Å². The van der Waals surface area contributed by atoms with Crippen LogP contribution in [0.2, 0.25) is 0 Å². The minimum Gasteiger partial charge on any atom is -0.330 e. The molecule has 2 N–H and O–H groups in total. The van der Waals surface area contributed by atoms with Gasteiger partial charge in [-0.15, -0.1) is 0 Å². The zero-order valence-electron chi connectivity index (χ0n) is 8.20. The molecule has 1 aromatic carbocycles. The van der Waals surface area contributed by atoms with Gasteiger partial charge in [-0.3, -0.25) is 4.98 Å². The molecule has 0 bridgehead atoms. The lowest BCUT2D eigenvalue weighted by molar-refractivity contribution is 0.969. The Labute approximate surface area is 83.0 Å². The van der Waals surface area contributed by atoms with Gasteiger partial charge in [0.25, 0.3) is 0 Å². The van der Waals surface area contributed by atoms with Crippen molar-refractivity contribution in [2.24, 2.45) is 5.73 Å². The maximum absolute atomic E-state index is 5.49. The molecular weight excluding hydrogens is 174 g/mol. The first-order chi connectivity index (χ1) is 6.79. The molecule has 0 aliphatic rings. The molecule has 0 amide bonds. The van der Waals surface area contributed by atoms with Crippen molar-refractivity contribution in [1.29, 1.82) is 0 Å². The summed E-state index contributed by atoms with van der Waals surface area (Å²) in [5, 5.41) is 0. The van der Waals surface area contributed by atoms with Gasteiger partial charge in [-0.2, -0.15) is 0 Å². The lowest BCUT2D eigenvalue weighted by Crippen LogP contribution is -2.02. The molecule has 0 atom stereocenters. The molecule has 3 nitrogen and oxygen atoms in total. The molecule has 14 heavy (non-hydrogen) atoms. The van der Waals surface area contributed by atoms with E-state index in [0.717, 1.165) is 23.1 Å². The van der Waals surface area contributed by atoms with Crippen molar-refractivity contribution in [1.82, 2.24) is 9.97 Å². The standard InChI is InChI=1S/C11H13N3/c1-8-7-13-11-6-9(4-5-12)2-3-10(11)14-8/h2-3,6-7H,4-5,12H2,1H3. The van der Waals surface area contributed by atoms with Crippen LogP contribution in [-0.4, -0.2) is 16.5 Å². The first-order valence-electron chi connectivity index (χ1n) is 4.72. The van der Waals surface area contributed by atoms with Crippen LogP contribution in [0.25, 0.3) is 11.0 Å². The van der Waals surface area contributed by atoms with Gasteiger partial charge in [0.15, 0.2) is 0 Å². The Morgan fingerprint density at radius 1 is 1.29 bits per heavy atom. The van der Waals surface area contributed by atoms with E-state index in [0.29, 0.717) is 6.54 Å². The average molecular weight is 187 g/mol. The molecule has 0 aliphatic carbocycles. The van der Waals surface area contributed by atoms with E-state index < -0.39 is 0 Å². The Morgan fingerprint density at radius 2 is 2.14 bits per heavy atom. The molecule has 0 saturated carbocycles. The smallest absolute Gasteiger partial charge is 0.0890 e. The van der Waals surface area contributed by atoms with Gasteiger partial charge < -0.3 is 5.73 Å². The van der Waals surface area contributed by atoms with E-state index in [9.17, 15) is 0 Å². The van der Waals surface area contributed by atoms with Gasteiger partial charge >= 0.3 is 0 Å². The maximum atomic E-state index is 5.49. The summed E-state index contributed by atoms with van der Waals surface area (Å²) in [4.78, 5) is 8.70. The van der Waals surface area contributed by atoms with E-state index in [-0.39, 0.29) is 0 Å². The molecule has 0 fully saturated rings. The molecule has 0 spiro atoms. The van der Waals surface area contributed by atoms with Crippen molar-refractivity contribution in [3.63, 3.8) is 0 Å². The molecule has 1 aromatic heterocycles. The van der Waals surface area contributed by atoms with Gasteiger partial charge in [-0.1, -0.05) is 6.07 Å². The van der Waals surface area contributed by atoms with Crippen LogP contribution < -0.4 is 5.73 Å². The topological polar surface area (TPSA) is 51.8 Å². The molecule has 0 aliphatic heterocycles. The normalized spacial score (nSPS) is 10.7. The highest BCUT2D eigenvalue weighted by molar-refractivity contribution is 5.74. The second-order valence-electron chi connectivity index (χ2n) is 3.37. The van der Waals surface area contributed by atoms with E-state index in [4.69, 9.17) is 5.73 Å². The second kappa shape index (κ2) is 3.72. The molecule has 0 radical (unpaired) electrons. The molecule has 3 heteroatoms. The monoisotopic (exact) mass is 187 g/mol. The number of nitrogens with two attached hydrogens (primary N) is 1. The molecular formula is C11H13N3. The molecule has 2 aromatic rings. The van der Waals surface area contributed by atoms with Gasteiger partial charge in [0.1, 0.15) is 0 Å². The summed E-state index contributed by atoms with van der Waals surface area (Å²) in [6, 6.07) is 6.11. The highest BCUT2D eigenvalue weighted by Crippen LogP contribution is 2.12. The predicted molar refractivity (Wildman–Crippen MR) is 57.0 cm³/mol. The van der Waals surface area contributed by atoms with E-state index >= 15 is 0 Å². The fraction of sp³-hybridized carbons (Fsp3) is 0.273. The first kappa shape index (κ1) is 9.09. The van der Waals surface area contributed by atoms with Crippen molar-refractivity contribution in [3.8, 4) is 0 Å². The lowest BCUT2D eigenvalue weighted by atomic mass is 10.1. The first-order valence-corrected chi connectivity index (χ1v) is 4.72. The number of rotatable bonds is 2. The van der Waals surface area contributed by atoms with E-state index in [1.54, 1.807) is 6.20 Å². The summed E-state index contributed by atoms with van der Waals surface area (Å²) in [7, 11) is 0. The average Bonchev–Trinajstić information content (AvgIpc) is 2.19. The zero-order chi connectivity index (χ0) is 9.97. The summed E-state index contributed by atoms with van der Waals surface area (Å²) in [6.45, 7) is 2.62. The Morgan fingerprint density at radius 3 is 2.93 bits per heavy atom. The summed E-state index contributed by atoms with van der Waals surface area (Å²) < 4.78 is 0. The van der Waals surface area contributed by atoms with Gasteiger partial charge in [0.2, 0.25) is 0 Å². The van der Waals surface area contributed by atoms with Crippen LogP contribution in [0.15, 0.2) is 24.4 Å². The summed E-state index contributed by atoms with van der Waals surface area (Å²) >= 11 is 0. The van der Waals surface area contributed by atoms with Crippen molar-refractivity contribution < 1.29 is 0 Å². The number of fused-ring (bicyclic) bond motifs is 1. The second-order valence-corrected chi connectivity index (χ2v) is 3.37. The SMILES string of the molecule is Cc1cnc2cc(CCN)ccc2n1. The molecule has 0 saturated heterocycles. The highest BCUT2D eigenvalue weighted by atomic mass is 14.8. The minimum absolute atomic E-state index is 0.671. The molecule has 1 heterocycles. The van der Waals surface area contributed by atoms with Crippen LogP contribution in [0.5, 0.6) is 0 Å². The molecule has 2 rings (SSSR count). The quantitative estimate of drug-likeness (QED) is 0.774. The van der Waals surface area contributed by atoms with Gasteiger partial charge in [-0.25, -0.2) is 4.98 Å². The number of aromatic nitrogens is 2. The third-order valence-electron chi connectivity index (χ3n) is 2.16. The van der Waals surface area contributed by atoms with Crippen molar-refractivity contribution in [2.45, 2.75) is 13.3 Å². The number of hydrogen-bond donors (Lipinski definition) is 1. The highest BCUT2D eigenvalue weighted by Gasteiger charge is 1.98. The zero-order valence-corrected chi connectivity index (χ0v) is 8.20. The van der Waals surface area contributed by atoms with Crippen molar-refractivity contribution >= 4 is 11.0 Å². The van der Waals surface area contributed by atoms with Gasteiger partial charge in [-0.05, 0) is 37.6 Å². The minimum atomic E-state index is 0.671. The Balaban J connectivity index is 2.50. The van der Waals surface area contributed by atoms with E-state index in [1.807, 2.05) is 13.0 Å². The predicted octanol–water partition coefficient (Wildman–Crippen LogP) is 1.44. The third kappa shape index (κ3) is 1.72. The Bertz CT molecular complexity index is 451. The Kier molecular flexibility index (Phi) is 2.41. The van der Waals surface area contributed by atoms with Gasteiger partial charge in [0, 0.05) is 6.20 Å². The maximum Gasteiger partial charge on any atom is 0.0890 e. The van der Waals surface area contributed by atoms with Crippen LogP contribution >= 0.6 is 0 Å². The van der Waals surface area contributed by atoms with E-state index in [1.165, 1.54) is 5.56 Å². The van der Waals surface area contributed by atoms with Crippen molar-refractivity contribution in [2.75, 3.05) is 6.54 Å². The van der Waals surface area contributed by atoms with Crippen LogP contribution in [-0.2, 0) is 6.42 Å². The van der Waals surface area contributed by atoms with Crippen LogP contribution in [0.1, 0.15) is 11.3 Å². The number of benzene rings is 1. The van der Waals surface area contributed by atoms with Crippen LogP contribution in [0, 0.1) is 6.92 Å². The number of aryl methyl sites for hydroxylation is 1. The fourth-order valence-electron chi connectivity index (χ4n) is 1.47. The summed E-state index contributed by atoms with van der Waals surface area (Å²) in [6.07, 6.45) is 2.68. The fourth-order valence-corrected chi connectivity index (χ4v) is 1.47. The van der Waals surface area contributed by atoms with E-state index in [2.05, 4.69) is 22.1 Å². The molecule has 72 valence electrons. The van der Waals surface area contributed by atoms with Crippen molar-refractivity contribution in [3.05, 3.63) is 35.7 Å². The number of hydrogen-bond acceptors (Lipinski definition) is 3. The lowest BCUT2D eigenvalue weighted by Gasteiger charge is -2.01. The largest absolute Gasteiger partial charge is 0.330 e. The Hall–Kier alpha value is -1.48. The summed E-state index contributed by atoms with van der Waals surface area (Å²) in [5.74, 6) is 0. The molecule has 0 unspecified atom stereocenters. The van der Waals surface area contributed by atoms with Gasteiger partial charge in [0.05, 0.1) is 16.7 Å². The van der Waals surface area contributed by atoms with Crippen LogP contribution in [0.3, 0.4) is 0 Å². The summed E-state index contributed by atoms with van der Waals surface area (Å²) in [5.41, 5.74) is 9.56. The number of nitrogens with zero attached hydrogens (tertiary/aromatic N) is 2. The third-order valence-corrected chi connectivity index (χ3v) is 2.16.